The number of hydrogen-bond acceptors (Lipinski definition) is 12. The van der Waals surface area contributed by atoms with Crippen molar-refractivity contribution in [3.05, 3.63) is 10.4 Å². The maximum absolute atomic E-state index is 11.5. The molecular weight excluding hydrogens is 368 g/mol. The first-order valence-electron chi connectivity index (χ1n) is 6.49. The molecular formula is C10H18N4O8S2. The highest BCUT2D eigenvalue weighted by atomic mass is 33.1. The summed E-state index contributed by atoms with van der Waals surface area (Å²) in [7, 11) is 1.85. The maximum Gasteiger partial charge on any atom is 0.380 e. The lowest BCUT2D eigenvalue weighted by molar-refractivity contribution is -0.573. The Balaban J connectivity index is 4.38. The van der Waals surface area contributed by atoms with Crippen molar-refractivity contribution in [3.8, 4) is 0 Å². The summed E-state index contributed by atoms with van der Waals surface area (Å²) in [5, 5.41) is 39.1. The van der Waals surface area contributed by atoms with Gasteiger partial charge in [-0.25, -0.2) is 9.59 Å². The molecule has 0 spiro atoms. The number of rotatable bonds is 13. The summed E-state index contributed by atoms with van der Waals surface area (Å²) in [6, 6.07) is -2.87. The molecule has 0 aromatic heterocycles. The van der Waals surface area contributed by atoms with Crippen molar-refractivity contribution in [2.24, 2.45) is 0 Å². The molecule has 4 N–H and O–H groups in total. The zero-order valence-corrected chi connectivity index (χ0v) is 14.1. The summed E-state index contributed by atoms with van der Waals surface area (Å²) in [4.78, 5) is 22.3. The molecule has 12 nitrogen and oxygen atoms in total. The van der Waals surface area contributed by atoms with Crippen molar-refractivity contribution in [1.82, 2.24) is 0 Å². The summed E-state index contributed by atoms with van der Waals surface area (Å²) < 4.78 is 9.11. The molecule has 0 heterocycles. The van der Waals surface area contributed by atoms with Gasteiger partial charge >= 0.3 is 11.9 Å². The molecule has 0 bridgehead atoms. The van der Waals surface area contributed by atoms with E-state index in [2.05, 4.69) is 9.47 Å². The number of hydroxylamine groups is 2. The van der Waals surface area contributed by atoms with E-state index in [1.807, 2.05) is 0 Å². The SMILES string of the molecule is N=[N+]([O-])C(CSSCC(C(=O)OCCO)[N+](=N)[O-])C(=O)OCCO. The molecule has 0 amide bonds. The van der Waals surface area contributed by atoms with Crippen LogP contribution >= 0.6 is 21.6 Å². The molecule has 0 aliphatic heterocycles. The Bertz CT molecular complexity index is 413. The molecule has 138 valence electrons. The van der Waals surface area contributed by atoms with Crippen LogP contribution in [0, 0.1) is 21.5 Å². The lowest BCUT2D eigenvalue weighted by Gasteiger charge is -2.13. The van der Waals surface area contributed by atoms with Crippen LogP contribution in [0.1, 0.15) is 0 Å². The summed E-state index contributed by atoms with van der Waals surface area (Å²) in [5.41, 5.74) is 13.9. The third-order valence-corrected chi connectivity index (χ3v) is 4.70. The average Bonchev–Trinajstić information content (AvgIpc) is 2.52. The molecule has 2 unspecified atom stereocenters. The Morgan fingerprint density at radius 1 is 0.917 bits per heavy atom. The standard InChI is InChI=1S/C10H18N4O8S2/c11-13(19)7(9(17)21-3-1-15)5-23-24-6-8(14(12)20)10(18)22-4-2-16/h7-8,11-12,15-16H,1-6H2. The van der Waals surface area contributed by atoms with E-state index in [9.17, 15) is 20.0 Å². The van der Waals surface area contributed by atoms with Gasteiger partial charge in [0, 0.05) is 0 Å². The van der Waals surface area contributed by atoms with Crippen molar-refractivity contribution in [2.45, 2.75) is 12.1 Å². The lowest BCUT2D eigenvalue weighted by Crippen LogP contribution is -2.35. The smallest absolute Gasteiger partial charge is 0.380 e. The van der Waals surface area contributed by atoms with Crippen molar-refractivity contribution in [1.29, 1.82) is 11.1 Å². The fourth-order valence-electron chi connectivity index (χ4n) is 1.17. The zero-order valence-electron chi connectivity index (χ0n) is 12.5. The predicted molar refractivity (Wildman–Crippen MR) is 81.3 cm³/mol. The van der Waals surface area contributed by atoms with Gasteiger partial charge in [-0.1, -0.05) is 31.3 Å². The topological polar surface area (TPSA) is 193 Å². The second-order valence-corrected chi connectivity index (χ2v) is 6.59. The van der Waals surface area contributed by atoms with Crippen LogP contribution in [-0.4, -0.2) is 81.9 Å². The molecule has 0 saturated heterocycles. The van der Waals surface area contributed by atoms with Gasteiger partial charge in [0.1, 0.15) is 13.2 Å². The maximum atomic E-state index is 11.5. The van der Waals surface area contributed by atoms with Gasteiger partial charge in [-0.2, -0.15) is 0 Å². The van der Waals surface area contributed by atoms with Gasteiger partial charge in [0.2, 0.25) is 0 Å². The summed E-state index contributed by atoms with van der Waals surface area (Å²) in [5.74, 6) is -2.30. The predicted octanol–water partition coefficient (Wildman–Crippen LogP) is -0.741. The van der Waals surface area contributed by atoms with Crippen molar-refractivity contribution in [3.63, 3.8) is 0 Å². The summed E-state index contributed by atoms with van der Waals surface area (Å²) >= 11 is 0. The normalized spacial score (nSPS) is 12.9. The second-order valence-electron chi connectivity index (χ2n) is 4.03. The van der Waals surface area contributed by atoms with E-state index >= 15 is 0 Å². The summed E-state index contributed by atoms with van der Waals surface area (Å²) in [6.45, 7) is -1.44. The number of nitrogens with zero attached hydrogens (tertiary/aromatic N) is 2. The van der Waals surface area contributed by atoms with E-state index in [1.54, 1.807) is 0 Å². The quantitative estimate of drug-likeness (QED) is 0.0782. The first-order valence-corrected chi connectivity index (χ1v) is 8.98. The molecule has 2 atom stereocenters. The van der Waals surface area contributed by atoms with Gasteiger partial charge in [0.25, 0.3) is 12.1 Å². The van der Waals surface area contributed by atoms with Crippen molar-refractivity contribution >= 4 is 33.5 Å². The van der Waals surface area contributed by atoms with Crippen LogP contribution in [-0.2, 0) is 19.1 Å². The number of aliphatic hydroxyl groups is 2. The first kappa shape index (κ1) is 22.4. The van der Waals surface area contributed by atoms with Crippen LogP contribution in [0.3, 0.4) is 0 Å². The van der Waals surface area contributed by atoms with Gasteiger partial charge < -0.3 is 30.1 Å². The third-order valence-electron chi connectivity index (χ3n) is 2.32. The Labute approximate surface area is 144 Å². The van der Waals surface area contributed by atoms with Gasteiger partial charge in [-0.3, -0.25) is 0 Å². The highest BCUT2D eigenvalue weighted by Gasteiger charge is 2.31. The molecule has 0 aromatic rings. The lowest BCUT2D eigenvalue weighted by atomic mass is 10.4. The molecule has 0 rings (SSSR count). The second kappa shape index (κ2) is 12.7. The number of carbonyl (C=O) groups is 2. The largest absolute Gasteiger partial charge is 0.599 e. The van der Waals surface area contributed by atoms with Crippen LogP contribution in [0.2, 0.25) is 0 Å². The molecule has 0 aliphatic carbocycles. The van der Waals surface area contributed by atoms with E-state index in [1.165, 1.54) is 0 Å². The van der Waals surface area contributed by atoms with E-state index < -0.39 is 37.2 Å². The minimum absolute atomic E-state index is 0.169. The molecule has 14 heteroatoms. The van der Waals surface area contributed by atoms with Crippen molar-refractivity contribution < 1.29 is 39.0 Å². The Hall–Kier alpha value is -1.64. The van der Waals surface area contributed by atoms with Gasteiger partial charge in [0.15, 0.2) is 0 Å². The highest BCUT2D eigenvalue weighted by molar-refractivity contribution is 8.76. The fourth-order valence-corrected chi connectivity index (χ4v) is 3.52. The van der Waals surface area contributed by atoms with E-state index in [0.717, 1.165) is 21.6 Å². The molecule has 0 radical (unpaired) electrons. The highest BCUT2D eigenvalue weighted by Crippen LogP contribution is 2.25. The number of nitrogens with one attached hydrogen (secondary N) is 2. The van der Waals surface area contributed by atoms with Crippen molar-refractivity contribution in [2.75, 3.05) is 37.9 Å². The Kier molecular flexibility index (Phi) is 11.9. The van der Waals surface area contributed by atoms with E-state index in [4.69, 9.17) is 21.3 Å². The first-order chi connectivity index (χ1) is 11.3. The molecule has 0 aromatic carbocycles. The monoisotopic (exact) mass is 386 g/mol. The van der Waals surface area contributed by atoms with Crippen LogP contribution in [0.25, 0.3) is 0 Å². The zero-order chi connectivity index (χ0) is 18.5. The van der Waals surface area contributed by atoms with Gasteiger partial charge in [-0.05, 0) is 11.1 Å². The minimum atomic E-state index is -1.44. The number of aliphatic hydroxyl groups excluding tert-OH is 2. The van der Waals surface area contributed by atoms with Gasteiger partial charge in [-0.15, -0.1) is 0 Å². The van der Waals surface area contributed by atoms with Crippen LogP contribution in [0.15, 0.2) is 0 Å². The summed E-state index contributed by atoms with van der Waals surface area (Å²) in [6.07, 6.45) is 0. The van der Waals surface area contributed by atoms with Crippen LogP contribution in [0.5, 0.6) is 0 Å². The van der Waals surface area contributed by atoms with Crippen LogP contribution in [0.4, 0.5) is 0 Å². The van der Waals surface area contributed by atoms with E-state index in [0.29, 0.717) is 0 Å². The average molecular weight is 386 g/mol. The number of esters is 2. The van der Waals surface area contributed by atoms with E-state index in [-0.39, 0.29) is 34.4 Å². The fraction of sp³-hybridized carbons (Fsp3) is 0.800. The number of carbonyl (C=O) groups excluding carboxylic acids is 2. The van der Waals surface area contributed by atoms with Crippen LogP contribution < -0.4 is 0 Å². The Morgan fingerprint density at radius 3 is 1.50 bits per heavy atom. The minimum Gasteiger partial charge on any atom is -0.599 e. The molecule has 0 fully saturated rings. The number of ether oxygens (including phenoxy) is 2. The van der Waals surface area contributed by atoms with Gasteiger partial charge in [0.05, 0.1) is 24.7 Å². The molecule has 0 aliphatic rings. The molecule has 24 heavy (non-hydrogen) atoms. The molecule has 0 saturated carbocycles. The third kappa shape index (κ3) is 8.85. The number of hydrogen-bond donors (Lipinski definition) is 4. The Morgan fingerprint density at radius 2 is 1.25 bits per heavy atom.